The summed E-state index contributed by atoms with van der Waals surface area (Å²) in [7, 11) is -1.95. The molecule has 2 aromatic rings. The van der Waals surface area contributed by atoms with E-state index in [9.17, 15) is 13.2 Å². The fourth-order valence-electron chi connectivity index (χ4n) is 2.15. The molecule has 1 heterocycles. The Morgan fingerprint density at radius 2 is 1.92 bits per heavy atom. The van der Waals surface area contributed by atoms with Crippen molar-refractivity contribution in [2.24, 2.45) is 0 Å². The average Bonchev–Trinajstić information content (AvgIpc) is 2.92. The van der Waals surface area contributed by atoms with Crippen molar-refractivity contribution in [3.8, 4) is 6.07 Å². The normalized spacial score (nSPS) is 11.0. The number of rotatable bonds is 6. The molecule has 0 aliphatic rings. The molecule has 1 aromatic carbocycles. The highest BCUT2D eigenvalue weighted by Gasteiger charge is 2.21. The molecule has 0 saturated carbocycles. The van der Waals surface area contributed by atoms with Gasteiger partial charge in [-0.05, 0) is 41.6 Å². The molecule has 7 heteroatoms. The van der Waals surface area contributed by atoms with Gasteiger partial charge in [0.25, 0.3) is 0 Å². The highest BCUT2D eigenvalue weighted by atomic mass is 32.2. The number of nitrogens with zero attached hydrogens (tertiary/aromatic N) is 2. The number of benzene rings is 1. The summed E-state index contributed by atoms with van der Waals surface area (Å²) in [6.07, 6.45) is 0. The first-order valence-electron chi connectivity index (χ1n) is 7.27. The SMILES string of the molecule is Cc1ccsc1CN(C)C(=O)CS(=O)(=O)Cc1ccc(C#N)cc1. The van der Waals surface area contributed by atoms with Crippen LogP contribution >= 0.6 is 11.3 Å². The summed E-state index contributed by atoms with van der Waals surface area (Å²) in [4.78, 5) is 14.7. The molecular formula is C17H18N2O3S2. The summed E-state index contributed by atoms with van der Waals surface area (Å²) in [5.41, 5.74) is 2.14. The quantitative estimate of drug-likeness (QED) is 0.791. The van der Waals surface area contributed by atoms with Crippen molar-refractivity contribution < 1.29 is 13.2 Å². The highest BCUT2D eigenvalue weighted by molar-refractivity contribution is 7.91. The predicted octanol–water partition coefficient (Wildman–Crippen LogP) is 2.50. The lowest BCUT2D eigenvalue weighted by atomic mass is 10.2. The van der Waals surface area contributed by atoms with Gasteiger partial charge < -0.3 is 4.90 Å². The molecule has 0 radical (unpaired) electrons. The molecule has 1 aromatic heterocycles. The van der Waals surface area contributed by atoms with E-state index in [0.29, 0.717) is 17.7 Å². The largest absolute Gasteiger partial charge is 0.340 e. The molecule has 0 N–H and O–H groups in total. The van der Waals surface area contributed by atoms with E-state index in [1.807, 2.05) is 24.4 Å². The zero-order valence-electron chi connectivity index (χ0n) is 13.5. The molecule has 24 heavy (non-hydrogen) atoms. The Kier molecular flexibility index (Phi) is 5.75. The van der Waals surface area contributed by atoms with Crippen molar-refractivity contribution in [2.45, 2.75) is 19.2 Å². The van der Waals surface area contributed by atoms with E-state index in [0.717, 1.165) is 10.4 Å². The van der Waals surface area contributed by atoms with Crippen LogP contribution in [0, 0.1) is 18.3 Å². The molecule has 0 atom stereocenters. The second-order valence-corrected chi connectivity index (χ2v) is 8.68. The van der Waals surface area contributed by atoms with Crippen molar-refractivity contribution in [3.63, 3.8) is 0 Å². The van der Waals surface area contributed by atoms with Gasteiger partial charge in [0, 0.05) is 11.9 Å². The summed E-state index contributed by atoms with van der Waals surface area (Å²) < 4.78 is 24.5. The third kappa shape index (κ3) is 4.91. The Morgan fingerprint density at radius 3 is 2.46 bits per heavy atom. The number of sulfone groups is 1. The van der Waals surface area contributed by atoms with Gasteiger partial charge in [-0.1, -0.05) is 12.1 Å². The van der Waals surface area contributed by atoms with Crippen LogP contribution in [0.15, 0.2) is 35.7 Å². The number of carbonyl (C=O) groups excluding carboxylic acids is 1. The molecule has 2 rings (SSSR count). The van der Waals surface area contributed by atoms with Gasteiger partial charge in [0.1, 0.15) is 5.75 Å². The number of amides is 1. The fraction of sp³-hybridized carbons (Fsp3) is 0.294. The average molecular weight is 362 g/mol. The Bertz CT molecular complexity index is 862. The number of thiophene rings is 1. The highest BCUT2D eigenvalue weighted by Crippen LogP contribution is 2.17. The summed E-state index contributed by atoms with van der Waals surface area (Å²) in [5, 5.41) is 10.7. The first-order chi connectivity index (χ1) is 11.3. The van der Waals surface area contributed by atoms with Gasteiger partial charge in [-0.2, -0.15) is 5.26 Å². The smallest absolute Gasteiger partial charge is 0.237 e. The van der Waals surface area contributed by atoms with Crippen molar-refractivity contribution in [3.05, 3.63) is 57.3 Å². The topological polar surface area (TPSA) is 78.2 Å². The molecule has 126 valence electrons. The van der Waals surface area contributed by atoms with E-state index in [1.165, 1.54) is 4.90 Å². The number of hydrogen-bond acceptors (Lipinski definition) is 5. The Morgan fingerprint density at radius 1 is 1.25 bits per heavy atom. The molecule has 0 aliphatic carbocycles. The van der Waals surface area contributed by atoms with Crippen molar-refractivity contribution in [1.29, 1.82) is 5.26 Å². The van der Waals surface area contributed by atoms with Crippen LogP contribution in [0.1, 0.15) is 21.6 Å². The van der Waals surface area contributed by atoms with Gasteiger partial charge in [-0.15, -0.1) is 11.3 Å². The first kappa shape index (κ1) is 18.2. The van der Waals surface area contributed by atoms with Crippen LogP contribution in [0.25, 0.3) is 0 Å². The monoisotopic (exact) mass is 362 g/mol. The Balaban J connectivity index is 1.98. The van der Waals surface area contributed by atoms with E-state index in [1.54, 1.807) is 42.6 Å². The van der Waals surface area contributed by atoms with Crippen LogP contribution in [-0.4, -0.2) is 32.0 Å². The first-order valence-corrected chi connectivity index (χ1v) is 9.97. The third-order valence-corrected chi connectivity index (χ3v) is 6.06. The lowest BCUT2D eigenvalue weighted by Gasteiger charge is -2.17. The molecule has 0 bridgehead atoms. The van der Waals surface area contributed by atoms with Gasteiger partial charge >= 0.3 is 0 Å². The van der Waals surface area contributed by atoms with E-state index in [-0.39, 0.29) is 5.75 Å². The van der Waals surface area contributed by atoms with Crippen molar-refractivity contribution >= 4 is 27.1 Å². The van der Waals surface area contributed by atoms with Gasteiger partial charge in [0.2, 0.25) is 5.91 Å². The van der Waals surface area contributed by atoms with E-state index in [2.05, 4.69) is 0 Å². The molecular weight excluding hydrogens is 344 g/mol. The van der Waals surface area contributed by atoms with Crippen LogP contribution in [-0.2, 0) is 26.9 Å². The standard InChI is InChI=1S/C17H18N2O3S2/c1-13-7-8-23-16(13)10-19(2)17(20)12-24(21,22)11-15-5-3-14(9-18)4-6-15/h3-8H,10-12H2,1-2H3. The summed E-state index contributed by atoms with van der Waals surface area (Å²) in [5.74, 6) is -1.15. The third-order valence-electron chi connectivity index (χ3n) is 3.59. The van der Waals surface area contributed by atoms with Crippen LogP contribution in [0.4, 0.5) is 0 Å². The predicted molar refractivity (Wildman–Crippen MR) is 94.2 cm³/mol. The zero-order valence-corrected chi connectivity index (χ0v) is 15.2. The van der Waals surface area contributed by atoms with Crippen LogP contribution in [0.2, 0.25) is 0 Å². The van der Waals surface area contributed by atoms with Crippen LogP contribution in [0.5, 0.6) is 0 Å². The van der Waals surface area contributed by atoms with Crippen LogP contribution < -0.4 is 0 Å². The number of aryl methyl sites for hydroxylation is 1. The Hall–Kier alpha value is -2.17. The maximum absolute atomic E-state index is 12.2. The van der Waals surface area contributed by atoms with E-state index >= 15 is 0 Å². The minimum absolute atomic E-state index is 0.212. The number of nitriles is 1. The Labute approximate surface area is 146 Å². The van der Waals surface area contributed by atoms with Gasteiger partial charge in [0.15, 0.2) is 9.84 Å². The van der Waals surface area contributed by atoms with Crippen molar-refractivity contribution in [2.75, 3.05) is 12.8 Å². The summed E-state index contributed by atoms with van der Waals surface area (Å²) in [6.45, 7) is 2.38. The maximum atomic E-state index is 12.2. The number of carbonyl (C=O) groups is 1. The molecule has 0 unspecified atom stereocenters. The minimum atomic E-state index is -3.56. The molecule has 0 fully saturated rings. The zero-order chi connectivity index (χ0) is 17.7. The molecule has 0 spiro atoms. The lowest BCUT2D eigenvalue weighted by molar-refractivity contribution is -0.127. The van der Waals surface area contributed by atoms with Gasteiger partial charge in [-0.3, -0.25) is 4.79 Å². The van der Waals surface area contributed by atoms with E-state index < -0.39 is 21.5 Å². The molecule has 1 amide bonds. The number of hydrogen-bond donors (Lipinski definition) is 0. The minimum Gasteiger partial charge on any atom is -0.340 e. The second-order valence-electron chi connectivity index (χ2n) is 5.62. The van der Waals surface area contributed by atoms with E-state index in [4.69, 9.17) is 5.26 Å². The second kappa shape index (κ2) is 7.60. The summed E-state index contributed by atoms with van der Waals surface area (Å²) in [6, 6.07) is 10.3. The van der Waals surface area contributed by atoms with Crippen LogP contribution in [0.3, 0.4) is 0 Å². The lowest BCUT2D eigenvalue weighted by Crippen LogP contribution is -2.32. The summed E-state index contributed by atoms with van der Waals surface area (Å²) >= 11 is 1.55. The van der Waals surface area contributed by atoms with Gasteiger partial charge in [0.05, 0.1) is 23.9 Å². The fourth-order valence-corrected chi connectivity index (χ4v) is 4.51. The molecule has 5 nitrogen and oxygen atoms in total. The molecule has 0 aliphatic heterocycles. The van der Waals surface area contributed by atoms with Gasteiger partial charge in [-0.25, -0.2) is 8.42 Å². The molecule has 0 saturated heterocycles. The van der Waals surface area contributed by atoms with Crippen molar-refractivity contribution in [1.82, 2.24) is 4.90 Å². The maximum Gasteiger partial charge on any atom is 0.237 e.